The average Bonchev–Trinajstić information content (AvgIpc) is 3.23. The van der Waals surface area contributed by atoms with Crippen molar-refractivity contribution in [3.8, 4) is 5.69 Å². The second-order valence-corrected chi connectivity index (χ2v) is 9.42. The van der Waals surface area contributed by atoms with E-state index in [-0.39, 0.29) is 18.0 Å². The van der Waals surface area contributed by atoms with Gasteiger partial charge in [-0.15, -0.1) is 11.3 Å². The molecule has 4 rings (SSSR count). The lowest BCUT2D eigenvalue weighted by atomic mass is 10.1. The van der Waals surface area contributed by atoms with Gasteiger partial charge in [-0.25, -0.2) is 14.3 Å². The standard InChI is InChI=1S/C23H20N4O4S2/c1-13-4-10-17(11-5-13)27-21(30)19-20(25-22(32-3)33-19)26(23(27)31)12-18(29)24-16-8-6-15(7-9-16)14(2)28/h4-11H,12H2,1-3H3,(H,24,29). The molecule has 168 valence electrons. The second kappa shape index (κ2) is 9.16. The van der Waals surface area contributed by atoms with E-state index in [0.717, 1.165) is 10.1 Å². The van der Waals surface area contributed by atoms with Gasteiger partial charge in [0.25, 0.3) is 5.56 Å². The van der Waals surface area contributed by atoms with Crippen molar-refractivity contribution >= 4 is 50.8 Å². The Balaban J connectivity index is 1.77. The van der Waals surface area contributed by atoms with E-state index in [1.807, 2.05) is 25.3 Å². The van der Waals surface area contributed by atoms with Crippen LogP contribution in [0.1, 0.15) is 22.8 Å². The number of nitrogens with one attached hydrogen (secondary N) is 1. The molecule has 8 nitrogen and oxygen atoms in total. The van der Waals surface area contributed by atoms with Gasteiger partial charge < -0.3 is 5.32 Å². The number of carbonyl (C=O) groups is 2. The van der Waals surface area contributed by atoms with Gasteiger partial charge in [-0.2, -0.15) is 0 Å². The van der Waals surface area contributed by atoms with Crippen LogP contribution in [0.5, 0.6) is 0 Å². The molecule has 0 fully saturated rings. The van der Waals surface area contributed by atoms with E-state index >= 15 is 0 Å². The smallest absolute Gasteiger partial charge is 0.325 e. The SMILES string of the molecule is CSc1nc2c(s1)c(=O)n(-c1ccc(C)cc1)c(=O)n2CC(=O)Nc1ccc(C(C)=O)cc1. The van der Waals surface area contributed by atoms with E-state index in [1.54, 1.807) is 36.4 Å². The maximum Gasteiger partial charge on any atom is 0.337 e. The van der Waals surface area contributed by atoms with Crippen molar-refractivity contribution in [2.75, 3.05) is 11.6 Å². The Morgan fingerprint density at radius 2 is 1.73 bits per heavy atom. The molecule has 4 aromatic rings. The number of amides is 1. The Bertz CT molecular complexity index is 1480. The van der Waals surface area contributed by atoms with Crippen molar-refractivity contribution in [3.63, 3.8) is 0 Å². The highest BCUT2D eigenvalue weighted by molar-refractivity contribution is 8.00. The molecule has 0 aliphatic heterocycles. The van der Waals surface area contributed by atoms with Crippen molar-refractivity contribution < 1.29 is 9.59 Å². The van der Waals surface area contributed by atoms with Crippen molar-refractivity contribution in [2.45, 2.75) is 24.7 Å². The number of thiazole rings is 1. The molecule has 1 N–H and O–H groups in total. The first-order valence-electron chi connectivity index (χ1n) is 9.96. The van der Waals surface area contributed by atoms with Gasteiger partial charge >= 0.3 is 5.69 Å². The zero-order valence-electron chi connectivity index (χ0n) is 18.1. The molecular weight excluding hydrogens is 460 g/mol. The first-order valence-corrected chi connectivity index (χ1v) is 12.0. The van der Waals surface area contributed by atoms with Gasteiger partial charge in [-0.05, 0) is 56.5 Å². The molecule has 0 saturated carbocycles. The lowest BCUT2D eigenvalue weighted by Gasteiger charge is -2.12. The minimum atomic E-state index is -0.642. The molecule has 0 saturated heterocycles. The minimum Gasteiger partial charge on any atom is -0.325 e. The van der Waals surface area contributed by atoms with Gasteiger partial charge in [0.05, 0.1) is 5.69 Å². The molecule has 2 heterocycles. The average molecular weight is 481 g/mol. The molecule has 0 spiro atoms. The number of nitrogens with zero attached hydrogens (tertiary/aromatic N) is 3. The van der Waals surface area contributed by atoms with E-state index in [4.69, 9.17) is 0 Å². The first-order chi connectivity index (χ1) is 15.8. The monoisotopic (exact) mass is 480 g/mol. The Morgan fingerprint density at radius 3 is 2.33 bits per heavy atom. The summed E-state index contributed by atoms with van der Waals surface area (Å²) in [5.41, 5.74) is 1.51. The predicted octanol–water partition coefficient (Wildman–Crippen LogP) is 3.48. The molecule has 0 unspecified atom stereocenters. The summed E-state index contributed by atoms with van der Waals surface area (Å²) in [5, 5.41) is 2.72. The molecule has 10 heteroatoms. The molecular formula is C23H20N4O4S2. The topological polar surface area (TPSA) is 103 Å². The molecule has 0 atom stereocenters. The van der Waals surface area contributed by atoms with Crippen LogP contribution in [-0.2, 0) is 11.3 Å². The number of hydrogen-bond donors (Lipinski definition) is 1. The van der Waals surface area contributed by atoms with Crippen LogP contribution in [0, 0.1) is 6.92 Å². The number of fused-ring (bicyclic) bond motifs is 1. The number of Topliss-reactive ketones (excluding diaryl/α,β-unsaturated/α-hetero) is 1. The fourth-order valence-corrected chi connectivity index (χ4v) is 4.79. The summed E-state index contributed by atoms with van der Waals surface area (Å²) in [6.07, 6.45) is 1.83. The summed E-state index contributed by atoms with van der Waals surface area (Å²) in [6, 6.07) is 13.5. The summed E-state index contributed by atoms with van der Waals surface area (Å²) < 4.78 is 3.21. The van der Waals surface area contributed by atoms with Crippen molar-refractivity contribution in [1.29, 1.82) is 0 Å². The molecule has 0 aliphatic carbocycles. The van der Waals surface area contributed by atoms with Gasteiger partial charge in [0, 0.05) is 11.3 Å². The van der Waals surface area contributed by atoms with Crippen molar-refractivity contribution in [1.82, 2.24) is 14.1 Å². The number of benzene rings is 2. The van der Waals surface area contributed by atoms with Gasteiger partial charge in [-0.3, -0.25) is 19.0 Å². The van der Waals surface area contributed by atoms with Gasteiger partial charge in [0.1, 0.15) is 11.2 Å². The van der Waals surface area contributed by atoms with E-state index in [0.29, 0.717) is 26.0 Å². The number of hydrogen-bond acceptors (Lipinski definition) is 7. The quantitative estimate of drug-likeness (QED) is 0.335. The fraction of sp³-hybridized carbons (Fsp3) is 0.174. The Labute approximate surface area is 196 Å². The van der Waals surface area contributed by atoms with Gasteiger partial charge in [0.15, 0.2) is 15.8 Å². The molecule has 33 heavy (non-hydrogen) atoms. The summed E-state index contributed by atoms with van der Waals surface area (Å²) in [5.74, 6) is -0.532. The highest BCUT2D eigenvalue weighted by atomic mass is 32.2. The summed E-state index contributed by atoms with van der Waals surface area (Å²) in [6.45, 7) is 3.05. The van der Waals surface area contributed by atoms with Crippen LogP contribution in [0.4, 0.5) is 5.69 Å². The molecule has 0 aliphatic rings. The van der Waals surface area contributed by atoms with Crippen molar-refractivity contribution in [2.24, 2.45) is 0 Å². The lowest BCUT2D eigenvalue weighted by Crippen LogP contribution is -2.40. The van der Waals surface area contributed by atoms with Crippen LogP contribution in [0.3, 0.4) is 0 Å². The third-order valence-electron chi connectivity index (χ3n) is 5.01. The number of aromatic nitrogens is 3. The molecule has 0 bridgehead atoms. The van der Waals surface area contributed by atoms with E-state index in [9.17, 15) is 19.2 Å². The normalized spacial score (nSPS) is 11.0. The molecule has 2 aromatic heterocycles. The molecule has 0 radical (unpaired) electrons. The predicted molar refractivity (Wildman–Crippen MR) is 131 cm³/mol. The van der Waals surface area contributed by atoms with Gasteiger partial charge in [-0.1, -0.05) is 29.5 Å². The number of carbonyl (C=O) groups excluding carboxylic acids is 2. The number of anilines is 1. The van der Waals surface area contributed by atoms with E-state index in [2.05, 4.69) is 10.3 Å². The number of thioether (sulfide) groups is 1. The Kier molecular flexibility index (Phi) is 6.30. The van der Waals surface area contributed by atoms with Crippen LogP contribution in [0.25, 0.3) is 16.0 Å². The van der Waals surface area contributed by atoms with Gasteiger partial charge in [0.2, 0.25) is 5.91 Å². The summed E-state index contributed by atoms with van der Waals surface area (Å²) >= 11 is 2.55. The zero-order chi connectivity index (χ0) is 23.7. The van der Waals surface area contributed by atoms with Crippen LogP contribution in [-0.4, -0.2) is 32.1 Å². The van der Waals surface area contributed by atoms with Crippen molar-refractivity contribution in [3.05, 3.63) is 80.5 Å². The third-order valence-corrected chi connectivity index (χ3v) is 7.03. The fourth-order valence-electron chi connectivity index (χ4n) is 3.30. The number of ketones is 1. The maximum absolute atomic E-state index is 13.4. The van der Waals surface area contributed by atoms with Crippen LogP contribution < -0.4 is 16.6 Å². The summed E-state index contributed by atoms with van der Waals surface area (Å²) in [7, 11) is 0. The van der Waals surface area contributed by atoms with E-state index in [1.165, 1.54) is 34.6 Å². The van der Waals surface area contributed by atoms with Crippen LogP contribution in [0.2, 0.25) is 0 Å². The molecule has 1 amide bonds. The summed E-state index contributed by atoms with van der Waals surface area (Å²) in [4.78, 5) is 55.2. The van der Waals surface area contributed by atoms with Crippen LogP contribution >= 0.6 is 23.1 Å². The third kappa shape index (κ3) is 4.53. The number of rotatable bonds is 6. The number of aryl methyl sites for hydroxylation is 1. The Hall–Kier alpha value is -3.50. The maximum atomic E-state index is 13.4. The molecule has 2 aromatic carbocycles. The van der Waals surface area contributed by atoms with E-state index < -0.39 is 17.2 Å². The van der Waals surface area contributed by atoms with Crippen LogP contribution in [0.15, 0.2) is 62.5 Å². The highest BCUT2D eigenvalue weighted by Gasteiger charge is 2.20. The highest BCUT2D eigenvalue weighted by Crippen LogP contribution is 2.25. The largest absolute Gasteiger partial charge is 0.337 e. The second-order valence-electron chi connectivity index (χ2n) is 7.36. The zero-order valence-corrected chi connectivity index (χ0v) is 19.8. The first kappa shape index (κ1) is 22.7. The lowest BCUT2D eigenvalue weighted by molar-refractivity contribution is -0.116. The Morgan fingerprint density at radius 1 is 1.06 bits per heavy atom. The minimum absolute atomic E-state index is 0.0756.